The summed E-state index contributed by atoms with van der Waals surface area (Å²) in [5, 5.41) is 14.4. The van der Waals surface area contributed by atoms with Gasteiger partial charge in [0.15, 0.2) is 0 Å². The van der Waals surface area contributed by atoms with Crippen LogP contribution < -0.4 is 10.2 Å². The SMILES string of the molecule is Cc1csc(=O)n1CC(=O)NCC(C)(O)CN(C)C. The Morgan fingerprint density at radius 3 is 2.68 bits per heavy atom. The fourth-order valence-electron chi connectivity index (χ4n) is 1.82. The molecule has 0 aliphatic rings. The predicted octanol–water partition coefficient (Wildman–Crippen LogP) is -0.353. The van der Waals surface area contributed by atoms with Crippen molar-refractivity contribution >= 4 is 17.2 Å². The molecule has 7 heteroatoms. The zero-order chi connectivity index (χ0) is 14.6. The summed E-state index contributed by atoms with van der Waals surface area (Å²) in [6.07, 6.45) is 0. The van der Waals surface area contributed by atoms with Crippen LogP contribution >= 0.6 is 11.3 Å². The molecule has 1 atom stereocenters. The van der Waals surface area contributed by atoms with E-state index in [9.17, 15) is 14.7 Å². The number of nitrogens with zero attached hydrogens (tertiary/aromatic N) is 2. The Kier molecular flexibility index (Phi) is 5.28. The number of amides is 1. The van der Waals surface area contributed by atoms with Crippen LogP contribution in [0.2, 0.25) is 0 Å². The molecular weight excluding hydrogens is 266 g/mol. The van der Waals surface area contributed by atoms with E-state index in [0.29, 0.717) is 6.54 Å². The van der Waals surface area contributed by atoms with Gasteiger partial charge in [0.25, 0.3) is 0 Å². The van der Waals surface area contributed by atoms with Crippen molar-refractivity contribution in [3.8, 4) is 0 Å². The fourth-order valence-corrected chi connectivity index (χ4v) is 2.56. The summed E-state index contributed by atoms with van der Waals surface area (Å²) in [7, 11) is 3.70. The number of aryl methyl sites for hydroxylation is 1. The smallest absolute Gasteiger partial charge is 0.307 e. The lowest BCUT2D eigenvalue weighted by atomic mass is 10.1. The van der Waals surface area contributed by atoms with Crippen molar-refractivity contribution < 1.29 is 9.90 Å². The third-order valence-electron chi connectivity index (χ3n) is 2.60. The zero-order valence-electron chi connectivity index (χ0n) is 11.8. The summed E-state index contributed by atoms with van der Waals surface area (Å²) in [6.45, 7) is 4.04. The van der Waals surface area contributed by atoms with Crippen molar-refractivity contribution in [2.75, 3.05) is 27.2 Å². The average Bonchev–Trinajstić information content (AvgIpc) is 2.57. The van der Waals surface area contributed by atoms with Crippen molar-refractivity contribution in [2.24, 2.45) is 0 Å². The van der Waals surface area contributed by atoms with Crippen LogP contribution in [0.4, 0.5) is 0 Å². The standard InChI is InChI=1S/C12H21N3O3S/c1-9-6-19-11(17)15(9)5-10(16)13-7-12(2,18)8-14(3)4/h6,18H,5,7-8H2,1-4H3,(H,13,16). The Morgan fingerprint density at radius 2 is 2.21 bits per heavy atom. The van der Waals surface area contributed by atoms with Gasteiger partial charge in [-0.3, -0.25) is 14.2 Å². The number of rotatable bonds is 6. The van der Waals surface area contributed by atoms with Gasteiger partial charge in [0.2, 0.25) is 5.91 Å². The first kappa shape index (κ1) is 15.9. The molecule has 19 heavy (non-hydrogen) atoms. The van der Waals surface area contributed by atoms with Crippen LogP contribution in [-0.2, 0) is 11.3 Å². The number of hydrogen-bond acceptors (Lipinski definition) is 5. The Morgan fingerprint density at radius 1 is 1.58 bits per heavy atom. The first-order valence-corrected chi connectivity index (χ1v) is 6.88. The van der Waals surface area contributed by atoms with E-state index in [0.717, 1.165) is 17.0 Å². The number of thiazole rings is 1. The monoisotopic (exact) mass is 287 g/mol. The molecule has 1 aromatic heterocycles. The summed E-state index contributed by atoms with van der Waals surface area (Å²) in [6, 6.07) is 0. The molecule has 0 saturated carbocycles. The van der Waals surface area contributed by atoms with Gasteiger partial charge in [0, 0.05) is 24.2 Å². The highest BCUT2D eigenvalue weighted by Crippen LogP contribution is 2.03. The minimum absolute atomic E-state index is 0.00773. The lowest BCUT2D eigenvalue weighted by molar-refractivity contribution is -0.123. The van der Waals surface area contributed by atoms with E-state index in [1.165, 1.54) is 4.57 Å². The molecule has 0 radical (unpaired) electrons. The Labute approximate surface area is 116 Å². The molecule has 0 saturated heterocycles. The third kappa shape index (κ3) is 5.14. The van der Waals surface area contributed by atoms with Gasteiger partial charge in [-0.2, -0.15) is 0 Å². The van der Waals surface area contributed by atoms with E-state index in [1.807, 2.05) is 19.0 Å². The van der Waals surface area contributed by atoms with Gasteiger partial charge >= 0.3 is 4.87 Å². The van der Waals surface area contributed by atoms with Crippen LogP contribution in [0, 0.1) is 6.92 Å². The van der Waals surface area contributed by atoms with Crippen molar-refractivity contribution in [3.05, 3.63) is 20.7 Å². The molecule has 108 valence electrons. The second-order valence-electron chi connectivity index (χ2n) is 5.24. The van der Waals surface area contributed by atoms with Crippen molar-refractivity contribution in [1.82, 2.24) is 14.8 Å². The van der Waals surface area contributed by atoms with E-state index in [1.54, 1.807) is 19.2 Å². The van der Waals surface area contributed by atoms with E-state index in [-0.39, 0.29) is 23.9 Å². The Bertz CT molecular complexity index is 491. The number of carbonyl (C=O) groups is 1. The van der Waals surface area contributed by atoms with Gasteiger partial charge in [-0.1, -0.05) is 11.3 Å². The molecule has 0 aromatic carbocycles. The number of nitrogens with one attached hydrogen (secondary N) is 1. The molecule has 0 spiro atoms. The molecule has 6 nitrogen and oxygen atoms in total. The van der Waals surface area contributed by atoms with Crippen LogP contribution in [0.3, 0.4) is 0 Å². The molecule has 1 rings (SSSR count). The van der Waals surface area contributed by atoms with Crippen LogP contribution in [0.25, 0.3) is 0 Å². The molecule has 1 heterocycles. The number of carbonyl (C=O) groups excluding carboxylic acids is 1. The minimum Gasteiger partial charge on any atom is -0.387 e. The number of aliphatic hydroxyl groups is 1. The predicted molar refractivity (Wildman–Crippen MR) is 75.5 cm³/mol. The molecule has 0 bridgehead atoms. The zero-order valence-corrected chi connectivity index (χ0v) is 12.6. The highest BCUT2D eigenvalue weighted by molar-refractivity contribution is 7.07. The summed E-state index contributed by atoms with van der Waals surface area (Å²) < 4.78 is 1.42. The van der Waals surface area contributed by atoms with Gasteiger partial charge < -0.3 is 15.3 Å². The van der Waals surface area contributed by atoms with Gasteiger partial charge in [-0.15, -0.1) is 0 Å². The topological polar surface area (TPSA) is 74.6 Å². The molecular formula is C12H21N3O3S. The van der Waals surface area contributed by atoms with Crippen LogP contribution in [0.15, 0.2) is 10.2 Å². The summed E-state index contributed by atoms with van der Waals surface area (Å²) in [4.78, 5) is 24.9. The molecule has 1 unspecified atom stereocenters. The van der Waals surface area contributed by atoms with Crippen molar-refractivity contribution in [3.63, 3.8) is 0 Å². The Hall–Kier alpha value is -1.18. The number of likely N-dealkylation sites (N-methyl/N-ethyl adjacent to an activating group) is 1. The van der Waals surface area contributed by atoms with Crippen LogP contribution in [0.5, 0.6) is 0 Å². The number of hydrogen-bond donors (Lipinski definition) is 2. The lowest BCUT2D eigenvalue weighted by Crippen LogP contribution is -2.48. The second kappa shape index (κ2) is 6.31. The van der Waals surface area contributed by atoms with Gasteiger partial charge in [-0.25, -0.2) is 0 Å². The minimum atomic E-state index is -0.992. The molecule has 2 N–H and O–H groups in total. The average molecular weight is 287 g/mol. The van der Waals surface area contributed by atoms with Gasteiger partial charge in [-0.05, 0) is 27.9 Å². The van der Waals surface area contributed by atoms with E-state index >= 15 is 0 Å². The maximum atomic E-state index is 11.8. The highest BCUT2D eigenvalue weighted by atomic mass is 32.1. The highest BCUT2D eigenvalue weighted by Gasteiger charge is 2.22. The summed E-state index contributed by atoms with van der Waals surface area (Å²) in [5.41, 5.74) is -0.224. The second-order valence-corrected chi connectivity index (χ2v) is 6.06. The van der Waals surface area contributed by atoms with Gasteiger partial charge in [0.1, 0.15) is 6.54 Å². The summed E-state index contributed by atoms with van der Waals surface area (Å²) in [5.74, 6) is -0.275. The molecule has 0 fully saturated rings. The maximum absolute atomic E-state index is 11.8. The number of aromatic nitrogens is 1. The van der Waals surface area contributed by atoms with Crippen molar-refractivity contribution in [2.45, 2.75) is 26.0 Å². The fraction of sp³-hybridized carbons (Fsp3) is 0.667. The summed E-state index contributed by atoms with van der Waals surface area (Å²) >= 11 is 1.08. The quantitative estimate of drug-likeness (QED) is 0.750. The van der Waals surface area contributed by atoms with Crippen molar-refractivity contribution in [1.29, 1.82) is 0 Å². The Balaban J connectivity index is 2.51. The molecule has 0 aliphatic carbocycles. The van der Waals surface area contributed by atoms with E-state index in [2.05, 4.69) is 5.32 Å². The molecule has 0 aliphatic heterocycles. The van der Waals surface area contributed by atoms with E-state index < -0.39 is 5.60 Å². The maximum Gasteiger partial charge on any atom is 0.307 e. The van der Waals surface area contributed by atoms with E-state index in [4.69, 9.17) is 0 Å². The lowest BCUT2D eigenvalue weighted by Gasteiger charge is -2.27. The van der Waals surface area contributed by atoms with Gasteiger partial charge in [0.05, 0.1) is 5.60 Å². The first-order valence-electron chi connectivity index (χ1n) is 6.00. The third-order valence-corrected chi connectivity index (χ3v) is 3.48. The molecule has 1 aromatic rings. The van der Waals surface area contributed by atoms with Crippen LogP contribution in [-0.4, -0.2) is 53.3 Å². The largest absolute Gasteiger partial charge is 0.387 e. The first-order chi connectivity index (χ1) is 8.71. The molecule has 1 amide bonds. The normalized spacial score (nSPS) is 14.4. The van der Waals surface area contributed by atoms with Crippen LogP contribution in [0.1, 0.15) is 12.6 Å².